The molecule has 1 aliphatic heterocycles. The number of hydrogen-bond donors (Lipinski definition) is 0. The monoisotopic (exact) mass is 466 g/mol. The molecule has 0 unspecified atom stereocenters. The van der Waals surface area contributed by atoms with Crippen molar-refractivity contribution in [3.63, 3.8) is 0 Å². The summed E-state index contributed by atoms with van der Waals surface area (Å²) in [5, 5.41) is 0.603. The van der Waals surface area contributed by atoms with Gasteiger partial charge in [0.1, 0.15) is 0 Å². The highest BCUT2D eigenvalue weighted by atomic mass is 35.5. The van der Waals surface area contributed by atoms with Crippen LogP contribution in [-0.2, 0) is 21.4 Å². The Labute approximate surface area is 193 Å². The average Bonchev–Trinajstić information content (AvgIpc) is 2.75. The molecular weight excluding hydrogens is 444 g/mol. The number of rotatable bonds is 3. The first kappa shape index (κ1) is 22.3. The molecule has 0 atom stereocenters. The van der Waals surface area contributed by atoms with Crippen molar-refractivity contribution in [2.75, 3.05) is 19.0 Å². The largest absolute Gasteiger partial charge is 0.308 e. The molecule has 1 aliphatic rings. The first-order chi connectivity index (χ1) is 15.2. The summed E-state index contributed by atoms with van der Waals surface area (Å²) in [6.45, 7) is 1.90. The van der Waals surface area contributed by atoms with E-state index in [1.54, 1.807) is 29.2 Å². The number of hydrogen-bond acceptors (Lipinski definition) is 3. The van der Waals surface area contributed by atoms with Gasteiger partial charge in [0.25, 0.3) is 0 Å². The topological polar surface area (TPSA) is 57.7 Å². The molecule has 0 saturated carbocycles. The van der Waals surface area contributed by atoms with Gasteiger partial charge in [0.2, 0.25) is 15.9 Å². The first-order valence-electron chi connectivity index (χ1n) is 10.1. The lowest BCUT2D eigenvalue weighted by Gasteiger charge is -2.26. The molecule has 0 saturated heterocycles. The number of nitrogens with zero attached hydrogens (tertiary/aromatic N) is 2. The van der Waals surface area contributed by atoms with Crippen LogP contribution in [0.3, 0.4) is 0 Å². The lowest BCUT2D eigenvalue weighted by Crippen LogP contribution is -2.29. The van der Waals surface area contributed by atoms with Gasteiger partial charge in [-0.25, -0.2) is 12.7 Å². The van der Waals surface area contributed by atoms with Gasteiger partial charge >= 0.3 is 0 Å². The van der Waals surface area contributed by atoms with E-state index in [2.05, 4.69) is 0 Å². The Bertz CT molecular complexity index is 1350. The van der Waals surface area contributed by atoms with Crippen LogP contribution >= 0.6 is 11.6 Å². The van der Waals surface area contributed by atoms with Crippen molar-refractivity contribution in [2.45, 2.75) is 18.4 Å². The number of amides is 1. The van der Waals surface area contributed by atoms with Gasteiger partial charge in [-0.3, -0.25) is 4.79 Å². The molecule has 0 spiro atoms. The summed E-state index contributed by atoms with van der Waals surface area (Å²) in [6.07, 6.45) is 3.94. The molecular formula is C25H23ClN2O3S. The molecule has 1 heterocycles. The summed E-state index contributed by atoms with van der Waals surface area (Å²) in [6, 6.07) is 18.2. The molecule has 0 fully saturated rings. The van der Waals surface area contributed by atoms with E-state index in [-0.39, 0.29) is 10.8 Å². The van der Waals surface area contributed by atoms with Crippen LogP contribution in [0.15, 0.2) is 65.6 Å². The average molecular weight is 467 g/mol. The normalized spacial score (nSPS) is 14.3. The predicted octanol–water partition coefficient (Wildman–Crippen LogP) is 5.29. The summed E-state index contributed by atoms with van der Waals surface area (Å²) in [7, 11) is -0.577. The van der Waals surface area contributed by atoms with Crippen molar-refractivity contribution in [1.29, 1.82) is 0 Å². The Morgan fingerprint density at radius 1 is 0.969 bits per heavy atom. The third-order valence-corrected chi connectivity index (χ3v) is 7.64. The van der Waals surface area contributed by atoms with Gasteiger partial charge in [0.15, 0.2) is 0 Å². The molecule has 0 aromatic heterocycles. The van der Waals surface area contributed by atoms with Crippen LogP contribution in [0.5, 0.6) is 0 Å². The lowest BCUT2D eigenvalue weighted by atomic mass is 9.96. The predicted molar refractivity (Wildman–Crippen MR) is 130 cm³/mol. The van der Waals surface area contributed by atoms with E-state index in [1.165, 1.54) is 25.3 Å². The van der Waals surface area contributed by atoms with Crippen molar-refractivity contribution < 1.29 is 13.2 Å². The first-order valence-corrected chi connectivity index (χ1v) is 11.9. The van der Waals surface area contributed by atoms with Gasteiger partial charge in [0, 0.05) is 31.6 Å². The van der Waals surface area contributed by atoms with Gasteiger partial charge in [-0.2, -0.15) is 0 Å². The highest BCUT2D eigenvalue weighted by molar-refractivity contribution is 7.89. The maximum Gasteiger partial charge on any atom is 0.243 e. The van der Waals surface area contributed by atoms with Gasteiger partial charge in [-0.1, -0.05) is 54.1 Å². The number of sulfonamides is 1. The van der Waals surface area contributed by atoms with E-state index < -0.39 is 10.0 Å². The molecule has 5 nitrogen and oxygen atoms in total. The van der Waals surface area contributed by atoms with Gasteiger partial charge in [-0.05, 0) is 52.6 Å². The Morgan fingerprint density at radius 2 is 1.69 bits per heavy atom. The van der Waals surface area contributed by atoms with E-state index in [9.17, 15) is 13.2 Å². The summed E-state index contributed by atoms with van der Waals surface area (Å²) in [4.78, 5) is 14.5. The number of carbonyl (C=O) groups excluding carboxylic acids is 1. The second kappa shape index (κ2) is 8.54. The molecule has 0 radical (unpaired) electrons. The highest BCUT2D eigenvalue weighted by Crippen LogP contribution is 2.34. The Kier molecular flexibility index (Phi) is 5.95. The summed E-state index contributed by atoms with van der Waals surface area (Å²) < 4.78 is 27.0. The number of fused-ring (bicyclic) bond motifs is 2. The van der Waals surface area contributed by atoms with E-state index in [1.807, 2.05) is 48.6 Å². The van der Waals surface area contributed by atoms with Gasteiger partial charge in [0.05, 0.1) is 17.1 Å². The van der Waals surface area contributed by atoms with Crippen LogP contribution in [0.25, 0.3) is 23.3 Å². The summed E-state index contributed by atoms with van der Waals surface area (Å²) >= 11 is 6.17. The molecule has 32 heavy (non-hydrogen) atoms. The molecule has 0 bridgehead atoms. The molecule has 3 aromatic carbocycles. The van der Waals surface area contributed by atoms with E-state index >= 15 is 0 Å². The Morgan fingerprint density at radius 3 is 2.41 bits per heavy atom. The molecule has 7 heteroatoms. The molecule has 0 aliphatic carbocycles. The van der Waals surface area contributed by atoms with Crippen LogP contribution in [0, 0.1) is 0 Å². The SMILES string of the molecule is CC(=O)N1Cc2cc(-c3ccccc3S(=O)(=O)N(C)C)ccc2/C=C\c2cc(Cl)ccc21. The van der Waals surface area contributed by atoms with Crippen LogP contribution in [-0.4, -0.2) is 32.7 Å². The minimum atomic E-state index is -3.62. The lowest BCUT2D eigenvalue weighted by molar-refractivity contribution is -0.116. The minimum Gasteiger partial charge on any atom is -0.308 e. The van der Waals surface area contributed by atoms with Crippen molar-refractivity contribution in [3.8, 4) is 11.1 Å². The second-order valence-electron chi connectivity index (χ2n) is 7.84. The maximum atomic E-state index is 12.9. The van der Waals surface area contributed by atoms with Crippen LogP contribution in [0.4, 0.5) is 5.69 Å². The third kappa shape index (κ3) is 4.09. The molecule has 0 N–H and O–H groups in total. The van der Waals surface area contributed by atoms with Crippen LogP contribution in [0.2, 0.25) is 5.02 Å². The highest BCUT2D eigenvalue weighted by Gasteiger charge is 2.23. The van der Waals surface area contributed by atoms with E-state index in [4.69, 9.17) is 11.6 Å². The number of halogens is 1. The Hall–Kier alpha value is -2.93. The number of anilines is 1. The summed E-state index contributed by atoms with van der Waals surface area (Å²) in [5.74, 6) is -0.0872. The zero-order valence-corrected chi connectivity index (χ0v) is 19.6. The van der Waals surface area contributed by atoms with Crippen molar-refractivity contribution >= 4 is 45.4 Å². The molecule has 164 valence electrons. The minimum absolute atomic E-state index is 0.0872. The molecule has 1 amide bonds. The van der Waals surface area contributed by atoms with Crippen molar-refractivity contribution in [1.82, 2.24) is 4.31 Å². The quantitative estimate of drug-likeness (QED) is 0.526. The number of benzene rings is 3. The third-order valence-electron chi connectivity index (χ3n) is 5.53. The fourth-order valence-electron chi connectivity index (χ4n) is 3.82. The Balaban J connectivity index is 1.87. The fourth-order valence-corrected chi connectivity index (χ4v) is 5.11. The zero-order valence-electron chi connectivity index (χ0n) is 18.0. The number of carbonyl (C=O) groups is 1. The van der Waals surface area contributed by atoms with Crippen LogP contribution in [0.1, 0.15) is 23.6 Å². The molecule has 3 aromatic rings. The second-order valence-corrected chi connectivity index (χ2v) is 10.4. The van der Waals surface area contributed by atoms with Gasteiger partial charge < -0.3 is 4.90 Å². The maximum absolute atomic E-state index is 12.9. The van der Waals surface area contributed by atoms with Crippen molar-refractivity contribution in [2.24, 2.45) is 0 Å². The van der Waals surface area contributed by atoms with E-state index in [0.29, 0.717) is 17.1 Å². The van der Waals surface area contributed by atoms with Gasteiger partial charge in [-0.15, -0.1) is 0 Å². The zero-order chi connectivity index (χ0) is 23.0. The van der Waals surface area contributed by atoms with Crippen molar-refractivity contribution in [3.05, 3.63) is 82.4 Å². The van der Waals surface area contributed by atoms with Crippen LogP contribution < -0.4 is 4.90 Å². The fraction of sp³-hybridized carbons (Fsp3) is 0.160. The van der Waals surface area contributed by atoms with E-state index in [0.717, 1.165) is 27.9 Å². The standard InChI is InChI=1S/C25H23ClN2O3S/c1-17(29)28-16-21-14-19(23-6-4-5-7-25(23)32(30,31)27(2)3)10-8-18(21)9-11-20-15-22(26)12-13-24(20)28/h4-15H,16H2,1-3H3/b11-9-. The smallest absolute Gasteiger partial charge is 0.243 e. The summed E-state index contributed by atoms with van der Waals surface area (Å²) in [5.41, 5.74) is 4.93. The molecule has 4 rings (SSSR count).